The molecule has 2 atom stereocenters. The minimum Gasteiger partial charge on any atom is -0.390 e. The van der Waals surface area contributed by atoms with Crippen LogP contribution in [0.2, 0.25) is 0 Å². The summed E-state index contributed by atoms with van der Waals surface area (Å²) < 4.78 is 23.1. The Morgan fingerprint density at radius 3 is 1.96 bits per heavy atom. The van der Waals surface area contributed by atoms with Crippen LogP contribution in [0.15, 0.2) is 48.5 Å². The average molecular weight is 392 g/mol. The molecule has 2 aromatic rings. The third kappa shape index (κ3) is 4.94. The van der Waals surface area contributed by atoms with Crippen molar-refractivity contribution in [3.8, 4) is 0 Å². The van der Waals surface area contributed by atoms with Gasteiger partial charge in [0.15, 0.2) is 14.9 Å². The van der Waals surface area contributed by atoms with Gasteiger partial charge in [-0.1, -0.05) is 17.7 Å². The second-order valence-electron chi connectivity index (χ2n) is 6.42. The first-order valence-electron chi connectivity index (χ1n) is 8.20. The van der Waals surface area contributed by atoms with Crippen molar-refractivity contribution >= 4 is 44.2 Å². The lowest BCUT2D eigenvalue weighted by Crippen LogP contribution is -2.31. The molecule has 0 saturated carbocycles. The largest absolute Gasteiger partial charge is 0.390 e. The SMILES string of the molecule is Cc1ccc(NC(=S)Nc2ccc(N[C@H]3CS(=O)(=O)C[C@@H]3O)cc2)cc1. The van der Waals surface area contributed by atoms with Crippen molar-refractivity contribution in [2.75, 3.05) is 27.5 Å². The predicted octanol–water partition coefficient (Wildman–Crippen LogP) is 2.37. The Morgan fingerprint density at radius 2 is 1.46 bits per heavy atom. The van der Waals surface area contributed by atoms with Gasteiger partial charge in [-0.25, -0.2) is 8.42 Å². The van der Waals surface area contributed by atoms with E-state index in [9.17, 15) is 13.5 Å². The molecule has 1 heterocycles. The summed E-state index contributed by atoms with van der Waals surface area (Å²) in [5, 5.41) is 19.6. The van der Waals surface area contributed by atoms with Crippen LogP contribution >= 0.6 is 12.2 Å². The maximum Gasteiger partial charge on any atom is 0.175 e. The molecule has 8 heteroatoms. The number of nitrogens with one attached hydrogen (secondary N) is 3. The van der Waals surface area contributed by atoms with Gasteiger partial charge in [-0.05, 0) is 55.5 Å². The van der Waals surface area contributed by atoms with Crippen molar-refractivity contribution in [1.82, 2.24) is 0 Å². The number of hydrogen-bond acceptors (Lipinski definition) is 5. The second-order valence-corrected chi connectivity index (χ2v) is 8.98. The summed E-state index contributed by atoms with van der Waals surface area (Å²) in [7, 11) is -3.17. The molecule has 0 aromatic heterocycles. The molecule has 6 nitrogen and oxygen atoms in total. The highest BCUT2D eigenvalue weighted by Crippen LogP contribution is 2.20. The van der Waals surface area contributed by atoms with Gasteiger partial charge in [-0.2, -0.15) is 0 Å². The number of aliphatic hydroxyl groups is 1. The summed E-state index contributed by atoms with van der Waals surface area (Å²) in [4.78, 5) is 0. The normalized spacial score (nSPS) is 21.2. The van der Waals surface area contributed by atoms with E-state index >= 15 is 0 Å². The van der Waals surface area contributed by atoms with Crippen LogP contribution in [-0.4, -0.2) is 42.3 Å². The summed E-state index contributed by atoms with van der Waals surface area (Å²) in [6, 6.07) is 14.7. The molecule has 1 aliphatic heterocycles. The third-order valence-electron chi connectivity index (χ3n) is 4.13. The zero-order valence-electron chi connectivity index (χ0n) is 14.3. The number of aliphatic hydroxyl groups excluding tert-OH is 1. The van der Waals surface area contributed by atoms with Crippen molar-refractivity contribution < 1.29 is 13.5 Å². The van der Waals surface area contributed by atoms with Crippen LogP contribution in [0.25, 0.3) is 0 Å². The Bertz CT molecular complexity index is 881. The monoisotopic (exact) mass is 391 g/mol. The number of benzene rings is 2. The van der Waals surface area contributed by atoms with Crippen molar-refractivity contribution in [2.45, 2.75) is 19.1 Å². The molecule has 0 unspecified atom stereocenters. The van der Waals surface area contributed by atoms with Gasteiger partial charge in [0.25, 0.3) is 0 Å². The van der Waals surface area contributed by atoms with Gasteiger partial charge in [-0.3, -0.25) is 0 Å². The Balaban J connectivity index is 1.56. The van der Waals surface area contributed by atoms with E-state index in [0.717, 1.165) is 17.1 Å². The van der Waals surface area contributed by atoms with E-state index in [0.29, 0.717) is 5.11 Å². The molecule has 138 valence electrons. The first-order chi connectivity index (χ1) is 12.3. The van der Waals surface area contributed by atoms with Crippen molar-refractivity contribution in [2.24, 2.45) is 0 Å². The van der Waals surface area contributed by atoms with E-state index < -0.39 is 22.0 Å². The average Bonchev–Trinajstić information content (AvgIpc) is 2.83. The number of anilines is 3. The predicted molar refractivity (Wildman–Crippen MR) is 110 cm³/mol. The molecule has 2 aromatic carbocycles. The Kier molecular flexibility index (Phi) is 5.45. The van der Waals surface area contributed by atoms with Gasteiger partial charge < -0.3 is 21.1 Å². The zero-order chi connectivity index (χ0) is 18.7. The molecule has 26 heavy (non-hydrogen) atoms. The van der Waals surface area contributed by atoms with Gasteiger partial charge in [0.2, 0.25) is 0 Å². The van der Waals surface area contributed by atoms with Crippen LogP contribution in [0.1, 0.15) is 5.56 Å². The first-order valence-corrected chi connectivity index (χ1v) is 10.4. The van der Waals surface area contributed by atoms with E-state index in [1.807, 2.05) is 55.5 Å². The van der Waals surface area contributed by atoms with Crippen LogP contribution < -0.4 is 16.0 Å². The van der Waals surface area contributed by atoms with Crippen molar-refractivity contribution in [1.29, 1.82) is 0 Å². The quantitative estimate of drug-likeness (QED) is 0.595. The molecule has 4 N–H and O–H groups in total. The fraction of sp³-hybridized carbons (Fsp3) is 0.278. The van der Waals surface area contributed by atoms with Crippen LogP contribution in [0, 0.1) is 6.92 Å². The number of rotatable bonds is 4. The Hall–Kier alpha value is -2.16. The van der Waals surface area contributed by atoms with E-state index in [2.05, 4.69) is 16.0 Å². The molecule has 3 rings (SSSR count). The summed E-state index contributed by atoms with van der Waals surface area (Å²) in [5.74, 6) is -0.248. The standard InChI is InChI=1S/C18H21N3O3S2/c1-12-2-4-14(5-3-12)20-18(25)21-15-8-6-13(7-9-15)19-16-10-26(23,24)11-17(16)22/h2-9,16-17,19,22H,10-11H2,1H3,(H2,20,21,25)/t16-,17-/m0/s1. The molecular weight excluding hydrogens is 370 g/mol. The summed E-state index contributed by atoms with van der Waals surface area (Å²) in [6.07, 6.45) is -0.885. The minimum atomic E-state index is -3.17. The van der Waals surface area contributed by atoms with Crippen molar-refractivity contribution in [3.63, 3.8) is 0 Å². The van der Waals surface area contributed by atoms with Crippen LogP contribution in [-0.2, 0) is 9.84 Å². The molecule has 0 aliphatic carbocycles. The molecular formula is C18H21N3O3S2. The van der Waals surface area contributed by atoms with Gasteiger partial charge in [0, 0.05) is 17.1 Å². The molecule has 0 radical (unpaired) electrons. The Morgan fingerprint density at radius 1 is 0.962 bits per heavy atom. The molecule has 0 spiro atoms. The highest BCUT2D eigenvalue weighted by atomic mass is 32.2. The smallest absolute Gasteiger partial charge is 0.175 e. The van der Waals surface area contributed by atoms with E-state index in [4.69, 9.17) is 12.2 Å². The van der Waals surface area contributed by atoms with Gasteiger partial charge in [0.1, 0.15) is 0 Å². The Labute approximate surface area is 158 Å². The number of aryl methyl sites for hydroxylation is 1. The van der Waals surface area contributed by atoms with E-state index in [1.54, 1.807) is 0 Å². The van der Waals surface area contributed by atoms with Crippen molar-refractivity contribution in [3.05, 3.63) is 54.1 Å². The van der Waals surface area contributed by atoms with Crippen LogP contribution in [0.3, 0.4) is 0 Å². The lowest BCUT2D eigenvalue weighted by Gasteiger charge is -2.17. The van der Waals surface area contributed by atoms with E-state index in [-0.39, 0.29) is 11.5 Å². The van der Waals surface area contributed by atoms with Gasteiger partial charge >= 0.3 is 0 Å². The first kappa shape index (κ1) is 18.6. The maximum absolute atomic E-state index is 11.6. The van der Waals surface area contributed by atoms with Crippen LogP contribution in [0.5, 0.6) is 0 Å². The number of thiocarbonyl (C=S) groups is 1. The second kappa shape index (κ2) is 7.61. The van der Waals surface area contributed by atoms with Gasteiger partial charge in [-0.15, -0.1) is 0 Å². The highest BCUT2D eigenvalue weighted by Gasteiger charge is 2.36. The fourth-order valence-corrected chi connectivity index (χ4v) is 4.74. The maximum atomic E-state index is 11.6. The van der Waals surface area contributed by atoms with Gasteiger partial charge in [0.05, 0.1) is 23.7 Å². The fourth-order valence-electron chi connectivity index (χ4n) is 2.76. The third-order valence-corrected chi connectivity index (χ3v) is 6.05. The summed E-state index contributed by atoms with van der Waals surface area (Å²) in [5.41, 5.74) is 3.63. The number of hydrogen-bond donors (Lipinski definition) is 4. The molecule has 1 aliphatic rings. The lowest BCUT2D eigenvalue weighted by molar-refractivity contribution is 0.190. The lowest BCUT2D eigenvalue weighted by atomic mass is 10.2. The minimum absolute atomic E-state index is 0.0568. The molecule has 1 saturated heterocycles. The van der Waals surface area contributed by atoms with E-state index in [1.165, 1.54) is 5.56 Å². The zero-order valence-corrected chi connectivity index (χ0v) is 15.9. The molecule has 1 fully saturated rings. The number of sulfone groups is 1. The topological polar surface area (TPSA) is 90.5 Å². The summed E-state index contributed by atoms with van der Waals surface area (Å²) in [6.45, 7) is 2.02. The summed E-state index contributed by atoms with van der Waals surface area (Å²) >= 11 is 5.30. The highest BCUT2D eigenvalue weighted by molar-refractivity contribution is 7.91. The molecule has 0 amide bonds. The molecule has 0 bridgehead atoms. The van der Waals surface area contributed by atoms with Crippen LogP contribution in [0.4, 0.5) is 17.1 Å².